The minimum absolute atomic E-state index is 0. The summed E-state index contributed by atoms with van der Waals surface area (Å²) in [5.74, 6) is -1.75. The first-order chi connectivity index (χ1) is 18.8. The molecule has 40 heavy (non-hydrogen) atoms. The molecule has 0 aromatic heterocycles. The summed E-state index contributed by atoms with van der Waals surface area (Å²) in [5, 5.41) is 0. The van der Waals surface area contributed by atoms with Crippen LogP contribution in [0.15, 0.2) is 60.7 Å². The topological polar surface area (TPSA) is 162 Å². The van der Waals surface area contributed by atoms with Gasteiger partial charge in [0.1, 0.15) is 13.2 Å². The highest BCUT2D eigenvalue weighted by Crippen LogP contribution is 2.25. The van der Waals surface area contributed by atoms with Crippen molar-refractivity contribution >= 4 is 11.9 Å². The fourth-order valence-electron chi connectivity index (χ4n) is 4.60. The van der Waals surface area contributed by atoms with Crippen molar-refractivity contribution in [3.63, 3.8) is 0 Å². The summed E-state index contributed by atoms with van der Waals surface area (Å²) in [6, 6.07) is 18.4. The van der Waals surface area contributed by atoms with Gasteiger partial charge in [-0.05, 0) is 17.5 Å². The molecule has 0 radical (unpaired) electrons. The van der Waals surface area contributed by atoms with E-state index < -0.39 is 23.1 Å². The van der Waals surface area contributed by atoms with Crippen molar-refractivity contribution in [1.82, 2.24) is 0 Å². The maximum atomic E-state index is 13.3. The minimum atomic E-state index is -2.26. The van der Waals surface area contributed by atoms with Crippen LogP contribution in [-0.4, -0.2) is 28.6 Å². The SMILES string of the molecule is CCCCCCCCCCCCCCC(N)(C(=O)OCc1ccccc1)C(N)(N)C(=O)OCc1ccccc1.O. The van der Waals surface area contributed by atoms with Crippen LogP contribution in [0.5, 0.6) is 0 Å². The number of nitrogens with two attached hydrogens (primary N) is 3. The van der Waals surface area contributed by atoms with Gasteiger partial charge in [0.15, 0.2) is 11.2 Å². The van der Waals surface area contributed by atoms with E-state index in [9.17, 15) is 9.59 Å². The predicted molar refractivity (Wildman–Crippen MR) is 160 cm³/mol. The molecule has 8 heteroatoms. The Hall–Kier alpha value is -2.78. The number of carbonyl (C=O) groups excluding carboxylic acids is 2. The number of benzene rings is 2. The molecule has 0 heterocycles. The number of ether oxygens (including phenoxy) is 2. The summed E-state index contributed by atoms with van der Waals surface area (Å²) in [5.41, 5.74) is 16.5. The number of esters is 2. The zero-order valence-corrected chi connectivity index (χ0v) is 24.2. The van der Waals surface area contributed by atoms with E-state index in [4.69, 9.17) is 26.7 Å². The molecular formula is C32H51N3O5. The average Bonchev–Trinajstić information content (AvgIpc) is 2.96. The van der Waals surface area contributed by atoms with Crippen molar-refractivity contribution < 1.29 is 24.5 Å². The van der Waals surface area contributed by atoms with E-state index in [2.05, 4.69) is 6.92 Å². The average molecular weight is 558 g/mol. The Kier molecular flexibility index (Phi) is 17.0. The molecule has 2 aromatic carbocycles. The molecule has 0 saturated carbocycles. The predicted octanol–water partition coefficient (Wildman–Crippen LogP) is 5.05. The number of rotatable bonds is 20. The van der Waals surface area contributed by atoms with Gasteiger partial charge in [-0.2, -0.15) is 0 Å². The number of hydrogen-bond acceptors (Lipinski definition) is 7. The summed E-state index contributed by atoms with van der Waals surface area (Å²) < 4.78 is 10.9. The summed E-state index contributed by atoms with van der Waals surface area (Å²) in [6.07, 6.45) is 14.1. The molecule has 224 valence electrons. The second-order valence-electron chi connectivity index (χ2n) is 10.6. The summed E-state index contributed by atoms with van der Waals surface area (Å²) in [6.45, 7) is 2.22. The highest BCUT2D eigenvalue weighted by atomic mass is 16.5. The van der Waals surface area contributed by atoms with E-state index in [0.29, 0.717) is 6.42 Å². The molecular weight excluding hydrogens is 506 g/mol. The van der Waals surface area contributed by atoms with Gasteiger partial charge in [0.2, 0.25) is 0 Å². The summed E-state index contributed by atoms with van der Waals surface area (Å²) in [7, 11) is 0. The summed E-state index contributed by atoms with van der Waals surface area (Å²) in [4.78, 5) is 26.3. The molecule has 1 atom stereocenters. The van der Waals surface area contributed by atoms with Crippen LogP contribution in [0.25, 0.3) is 0 Å². The van der Waals surface area contributed by atoms with Crippen LogP contribution >= 0.6 is 0 Å². The van der Waals surface area contributed by atoms with Crippen LogP contribution in [0.3, 0.4) is 0 Å². The molecule has 2 aromatic rings. The quantitative estimate of drug-likeness (QED) is 0.116. The Labute approximate surface area is 240 Å². The normalized spacial score (nSPS) is 12.7. The fraction of sp³-hybridized carbons (Fsp3) is 0.562. The zero-order valence-electron chi connectivity index (χ0n) is 24.2. The van der Waals surface area contributed by atoms with Gasteiger partial charge in [-0.25, -0.2) is 9.59 Å². The Morgan fingerprint density at radius 3 is 1.40 bits per heavy atom. The zero-order chi connectivity index (χ0) is 28.4. The highest BCUT2D eigenvalue weighted by Gasteiger charge is 2.56. The van der Waals surface area contributed by atoms with E-state index in [-0.39, 0.29) is 25.1 Å². The first kappa shape index (κ1) is 35.2. The minimum Gasteiger partial charge on any atom is -0.459 e. The maximum absolute atomic E-state index is 13.3. The molecule has 0 saturated heterocycles. The van der Waals surface area contributed by atoms with Gasteiger partial charge in [-0.3, -0.25) is 0 Å². The molecule has 1 unspecified atom stereocenters. The Bertz CT molecular complexity index is 956. The van der Waals surface area contributed by atoms with Crippen molar-refractivity contribution in [2.75, 3.05) is 0 Å². The molecule has 2 rings (SSSR count). The first-order valence-corrected chi connectivity index (χ1v) is 14.6. The molecule has 0 fully saturated rings. The first-order valence-electron chi connectivity index (χ1n) is 14.6. The lowest BCUT2D eigenvalue weighted by atomic mass is 9.80. The molecule has 0 amide bonds. The third-order valence-corrected chi connectivity index (χ3v) is 7.29. The van der Waals surface area contributed by atoms with Gasteiger partial charge >= 0.3 is 11.9 Å². The molecule has 0 bridgehead atoms. The van der Waals surface area contributed by atoms with Crippen LogP contribution < -0.4 is 17.2 Å². The van der Waals surface area contributed by atoms with Crippen molar-refractivity contribution in [2.45, 2.75) is 115 Å². The molecule has 0 aliphatic carbocycles. The van der Waals surface area contributed by atoms with Crippen LogP contribution in [-0.2, 0) is 32.3 Å². The van der Waals surface area contributed by atoms with E-state index in [1.165, 1.54) is 51.4 Å². The lowest BCUT2D eigenvalue weighted by Gasteiger charge is -2.39. The largest absolute Gasteiger partial charge is 0.459 e. The standard InChI is InChI=1S/C32H49N3O4.H2O/c1-2-3-4-5-6-7-8-9-10-11-12-19-24-31(33,29(36)38-25-27-20-15-13-16-21-27)32(34,35)30(37)39-26-28-22-17-14-18-23-28;/h13-18,20-23H,2-12,19,24-26,33-35H2,1H3;1H2. The van der Waals surface area contributed by atoms with Gasteiger partial charge in [0.05, 0.1) is 0 Å². The maximum Gasteiger partial charge on any atom is 0.343 e. The number of unbranched alkanes of at least 4 members (excludes halogenated alkanes) is 11. The fourth-order valence-corrected chi connectivity index (χ4v) is 4.60. The highest BCUT2D eigenvalue weighted by molar-refractivity contribution is 5.93. The van der Waals surface area contributed by atoms with Gasteiger partial charge in [0.25, 0.3) is 0 Å². The third-order valence-electron chi connectivity index (χ3n) is 7.29. The van der Waals surface area contributed by atoms with E-state index in [1.54, 1.807) is 0 Å². The molecule has 8 N–H and O–H groups in total. The van der Waals surface area contributed by atoms with Crippen molar-refractivity contribution in [1.29, 1.82) is 0 Å². The number of carbonyl (C=O) groups is 2. The Morgan fingerprint density at radius 1 is 0.600 bits per heavy atom. The van der Waals surface area contributed by atoms with E-state index >= 15 is 0 Å². The lowest BCUT2D eigenvalue weighted by molar-refractivity contribution is -0.166. The van der Waals surface area contributed by atoms with Gasteiger partial charge in [-0.1, -0.05) is 145 Å². The van der Waals surface area contributed by atoms with Gasteiger partial charge < -0.3 is 32.2 Å². The monoisotopic (exact) mass is 557 g/mol. The van der Waals surface area contributed by atoms with Crippen LogP contribution in [0, 0.1) is 0 Å². The van der Waals surface area contributed by atoms with Gasteiger partial charge in [-0.15, -0.1) is 0 Å². The van der Waals surface area contributed by atoms with Crippen LogP contribution in [0.1, 0.15) is 102 Å². The van der Waals surface area contributed by atoms with Crippen molar-refractivity contribution in [2.24, 2.45) is 17.2 Å². The summed E-state index contributed by atoms with van der Waals surface area (Å²) >= 11 is 0. The Morgan fingerprint density at radius 2 is 0.975 bits per heavy atom. The third kappa shape index (κ3) is 11.8. The molecule has 8 nitrogen and oxygen atoms in total. The van der Waals surface area contributed by atoms with Crippen molar-refractivity contribution in [3.05, 3.63) is 71.8 Å². The Balaban J connectivity index is 0.00000800. The second kappa shape index (κ2) is 19.3. The van der Waals surface area contributed by atoms with Crippen molar-refractivity contribution in [3.8, 4) is 0 Å². The molecule has 0 spiro atoms. The van der Waals surface area contributed by atoms with Crippen LogP contribution in [0.2, 0.25) is 0 Å². The van der Waals surface area contributed by atoms with E-state index in [0.717, 1.165) is 30.4 Å². The van der Waals surface area contributed by atoms with Crippen LogP contribution in [0.4, 0.5) is 0 Å². The number of hydrogen-bond donors (Lipinski definition) is 3. The van der Waals surface area contributed by atoms with E-state index in [1.807, 2.05) is 60.7 Å². The second-order valence-corrected chi connectivity index (χ2v) is 10.6. The van der Waals surface area contributed by atoms with Gasteiger partial charge in [0, 0.05) is 0 Å². The lowest BCUT2D eigenvalue weighted by Crippen LogP contribution is -2.78. The molecule has 0 aliphatic heterocycles. The smallest absolute Gasteiger partial charge is 0.343 e. The molecule has 0 aliphatic rings.